The third-order valence-electron chi connectivity index (χ3n) is 7.15. The fourth-order valence-corrected chi connectivity index (χ4v) is 5.53. The van der Waals surface area contributed by atoms with E-state index in [1.807, 2.05) is 13.0 Å². The molecular weight excluding hydrogens is 366 g/mol. The Kier molecular flexibility index (Phi) is 6.21. The van der Waals surface area contributed by atoms with E-state index in [4.69, 9.17) is 0 Å². The Balaban J connectivity index is 2.20. The predicted molar refractivity (Wildman–Crippen MR) is 113 cm³/mol. The highest BCUT2D eigenvalue weighted by Gasteiger charge is 2.64. The Morgan fingerprint density at radius 3 is 2.55 bits per heavy atom. The van der Waals surface area contributed by atoms with Gasteiger partial charge in [0, 0.05) is 17.9 Å². The summed E-state index contributed by atoms with van der Waals surface area (Å²) in [4.78, 5) is 27.1. The summed E-state index contributed by atoms with van der Waals surface area (Å²) in [5, 5.41) is 23.6. The van der Waals surface area contributed by atoms with Gasteiger partial charge >= 0.3 is 0 Å². The Morgan fingerprint density at radius 1 is 1.21 bits per heavy atom. The van der Waals surface area contributed by atoms with E-state index in [9.17, 15) is 19.8 Å². The van der Waals surface area contributed by atoms with E-state index in [0.717, 1.165) is 12.0 Å². The molecule has 1 spiro atoms. The van der Waals surface area contributed by atoms with Crippen molar-refractivity contribution >= 4 is 11.7 Å². The molecule has 3 aliphatic rings. The zero-order chi connectivity index (χ0) is 21.5. The number of hydrogen-bond acceptors (Lipinski definition) is 4. The zero-order valence-electron chi connectivity index (χ0n) is 18.2. The second kappa shape index (κ2) is 8.19. The number of aliphatic hydroxyl groups is 2. The average Bonchev–Trinajstić information content (AvgIpc) is 2.93. The molecule has 1 saturated heterocycles. The summed E-state index contributed by atoms with van der Waals surface area (Å²) in [5.41, 5.74) is 1.02. The van der Waals surface area contributed by atoms with Crippen LogP contribution in [0.25, 0.3) is 0 Å². The first-order chi connectivity index (χ1) is 13.6. The Hall–Kier alpha value is -1.72. The van der Waals surface area contributed by atoms with E-state index in [1.54, 1.807) is 0 Å². The van der Waals surface area contributed by atoms with Crippen LogP contribution in [0.3, 0.4) is 0 Å². The molecule has 2 aliphatic carbocycles. The van der Waals surface area contributed by atoms with Crippen LogP contribution in [0.4, 0.5) is 0 Å². The number of aliphatic hydroxyl groups excluding tert-OH is 2. The molecule has 1 aliphatic heterocycles. The van der Waals surface area contributed by atoms with Crippen molar-refractivity contribution in [2.24, 2.45) is 29.1 Å². The maximum absolute atomic E-state index is 13.6. The highest BCUT2D eigenvalue weighted by molar-refractivity contribution is 6.13. The molecule has 5 heteroatoms. The normalized spacial score (nSPS) is 43.4. The van der Waals surface area contributed by atoms with Crippen LogP contribution in [0, 0.1) is 29.1 Å². The molecule has 0 radical (unpaired) electrons. The maximum Gasteiger partial charge on any atom is 0.235 e. The van der Waals surface area contributed by atoms with Crippen LogP contribution in [0.5, 0.6) is 0 Å². The van der Waals surface area contributed by atoms with Gasteiger partial charge in [0.1, 0.15) is 5.41 Å². The highest BCUT2D eigenvalue weighted by Crippen LogP contribution is 2.55. The topological polar surface area (TPSA) is 86.6 Å². The van der Waals surface area contributed by atoms with Crippen LogP contribution < -0.4 is 5.32 Å². The molecule has 0 aromatic rings. The highest BCUT2D eigenvalue weighted by atomic mass is 16.3. The minimum absolute atomic E-state index is 0.0599. The van der Waals surface area contributed by atoms with Gasteiger partial charge in [-0.15, -0.1) is 0 Å². The molecule has 0 aromatic heterocycles. The molecule has 1 fully saturated rings. The van der Waals surface area contributed by atoms with E-state index < -0.39 is 17.6 Å². The Labute approximate surface area is 174 Å². The van der Waals surface area contributed by atoms with Crippen LogP contribution in [-0.2, 0) is 9.59 Å². The van der Waals surface area contributed by atoms with Gasteiger partial charge in [-0.05, 0) is 51.0 Å². The van der Waals surface area contributed by atoms with Gasteiger partial charge in [0.2, 0.25) is 5.91 Å². The third kappa shape index (κ3) is 3.75. The lowest BCUT2D eigenvalue weighted by molar-refractivity contribution is -0.142. The number of carbonyl (C=O) groups is 2. The van der Waals surface area contributed by atoms with Gasteiger partial charge in [0.05, 0.1) is 12.2 Å². The fraction of sp³-hybridized carbons (Fsp3) is 0.667. The van der Waals surface area contributed by atoms with Gasteiger partial charge in [0.15, 0.2) is 5.78 Å². The maximum atomic E-state index is 13.6. The molecule has 1 amide bonds. The van der Waals surface area contributed by atoms with Gasteiger partial charge < -0.3 is 15.5 Å². The molecule has 7 atom stereocenters. The lowest BCUT2D eigenvalue weighted by Crippen LogP contribution is -2.51. The van der Waals surface area contributed by atoms with Crippen molar-refractivity contribution in [3.8, 4) is 0 Å². The average molecular weight is 402 g/mol. The Bertz CT molecular complexity index is 765. The SMILES string of the molecule is CC1=C[C@@H]2/C=C(/C)CC[C@H](O)[C@H](O)/C=C/C(=O)[C@]23C(=O)N[C@@H](CC(C)C)[C@H]3[C@@H]1C. The van der Waals surface area contributed by atoms with Crippen molar-refractivity contribution in [2.75, 3.05) is 0 Å². The second-order valence-corrected chi connectivity index (χ2v) is 9.66. The minimum Gasteiger partial charge on any atom is -0.390 e. The van der Waals surface area contributed by atoms with Crippen molar-refractivity contribution in [3.63, 3.8) is 0 Å². The summed E-state index contributed by atoms with van der Waals surface area (Å²) < 4.78 is 0. The van der Waals surface area contributed by atoms with E-state index in [1.165, 1.54) is 17.7 Å². The van der Waals surface area contributed by atoms with Crippen LogP contribution in [0.2, 0.25) is 0 Å². The molecule has 3 N–H and O–H groups in total. The number of nitrogens with one attached hydrogen (secondary N) is 1. The van der Waals surface area contributed by atoms with Gasteiger partial charge in [-0.1, -0.05) is 50.1 Å². The third-order valence-corrected chi connectivity index (χ3v) is 7.15. The number of allylic oxidation sites excluding steroid dienone is 5. The van der Waals surface area contributed by atoms with Gasteiger partial charge in [0.25, 0.3) is 0 Å². The van der Waals surface area contributed by atoms with Gasteiger partial charge in [-0.3, -0.25) is 9.59 Å². The summed E-state index contributed by atoms with van der Waals surface area (Å²) in [7, 11) is 0. The van der Waals surface area contributed by atoms with Gasteiger partial charge in [-0.2, -0.15) is 0 Å². The largest absolute Gasteiger partial charge is 0.390 e. The molecule has 1 heterocycles. The monoisotopic (exact) mass is 401 g/mol. The lowest BCUT2D eigenvalue weighted by atomic mass is 9.55. The second-order valence-electron chi connectivity index (χ2n) is 9.66. The van der Waals surface area contributed by atoms with Crippen molar-refractivity contribution in [1.29, 1.82) is 0 Å². The first-order valence-corrected chi connectivity index (χ1v) is 10.8. The summed E-state index contributed by atoms with van der Waals surface area (Å²) in [6.07, 6.45) is 6.60. The number of ketones is 1. The van der Waals surface area contributed by atoms with Crippen molar-refractivity contribution in [3.05, 3.63) is 35.5 Å². The number of amides is 1. The first kappa shape index (κ1) is 22.0. The molecule has 0 unspecified atom stereocenters. The quantitative estimate of drug-likeness (QED) is 0.490. The molecule has 29 heavy (non-hydrogen) atoms. The first-order valence-electron chi connectivity index (χ1n) is 10.8. The zero-order valence-corrected chi connectivity index (χ0v) is 18.2. The molecule has 3 rings (SSSR count). The van der Waals surface area contributed by atoms with Crippen LogP contribution in [0.15, 0.2) is 35.5 Å². The molecule has 0 aromatic carbocycles. The summed E-state index contributed by atoms with van der Waals surface area (Å²) in [5.74, 6) is -0.455. The van der Waals surface area contributed by atoms with Crippen LogP contribution >= 0.6 is 0 Å². The molecular formula is C24H35NO4. The number of rotatable bonds is 2. The van der Waals surface area contributed by atoms with Crippen molar-refractivity contribution in [1.82, 2.24) is 5.32 Å². The summed E-state index contributed by atoms with van der Waals surface area (Å²) >= 11 is 0. The van der Waals surface area contributed by atoms with Crippen LogP contribution in [-0.4, -0.2) is 40.2 Å². The number of hydrogen-bond donors (Lipinski definition) is 3. The molecule has 0 bridgehead atoms. The molecule has 0 saturated carbocycles. The standard InChI is InChI=1S/C24H35NO4/c1-13(2)10-18-22-16(5)15(4)12-17-11-14(3)6-7-19(26)20(27)8-9-21(28)24(17,22)23(29)25-18/h8-9,11-13,16-20,22,26-27H,6-7,10H2,1-5H3,(H,25,29)/b9-8+,14-11-/t16-,17+,18+,19+,20-,22-,24-/m1/s1. The predicted octanol–water partition coefficient (Wildman–Crippen LogP) is 2.93. The fourth-order valence-electron chi connectivity index (χ4n) is 5.53. The van der Waals surface area contributed by atoms with E-state index in [2.05, 4.69) is 39.1 Å². The molecule has 5 nitrogen and oxygen atoms in total. The van der Waals surface area contributed by atoms with Crippen molar-refractivity contribution < 1.29 is 19.8 Å². The van der Waals surface area contributed by atoms with E-state index in [0.29, 0.717) is 18.8 Å². The van der Waals surface area contributed by atoms with Crippen LogP contribution in [0.1, 0.15) is 53.9 Å². The van der Waals surface area contributed by atoms with Gasteiger partial charge in [-0.25, -0.2) is 0 Å². The summed E-state index contributed by atoms with van der Waals surface area (Å²) in [6, 6.07) is -0.0599. The smallest absolute Gasteiger partial charge is 0.235 e. The summed E-state index contributed by atoms with van der Waals surface area (Å²) in [6.45, 7) is 10.4. The van der Waals surface area contributed by atoms with E-state index in [-0.39, 0.29) is 35.5 Å². The lowest BCUT2D eigenvalue weighted by Gasteiger charge is -2.44. The number of carbonyl (C=O) groups excluding carboxylic acids is 2. The Morgan fingerprint density at radius 2 is 1.90 bits per heavy atom. The van der Waals surface area contributed by atoms with Crippen molar-refractivity contribution in [2.45, 2.75) is 72.1 Å². The van der Waals surface area contributed by atoms with E-state index >= 15 is 0 Å². The molecule has 160 valence electrons. The minimum atomic E-state index is -1.20.